The molecule has 0 saturated carbocycles. The summed E-state index contributed by atoms with van der Waals surface area (Å²) in [4.78, 5) is 7.11. The van der Waals surface area contributed by atoms with E-state index in [0.717, 1.165) is 24.4 Å². The minimum absolute atomic E-state index is 0.752. The lowest BCUT2D eigenvalue weighted by Crippen LogP contribution is -2.29. The van der Waals surface area contributed by atoms with Gasteiger partial charge in [0, 0.05) is 30.2 Å². The van der Waals surface area contributed by atoms with Crippen molar-refractivity contribution in [2.75, 3.05) is 18.4 Å². The lowest BCUT2D eigenvalue weighted by molar-refractivity contribution is 0.221. The Hall–Kier alpha value is -2.69. The maximum absolute atomic E-state index is 4.55. The Bertz CT molecular complexity index is 1040. The lowest BCUT2D eigenvalue weighted by atomic mass is 9.94. The number of benzene rings is 2. The summed E-state index contributed by atoms with van der Waals surface area (Å²) in [6.07, 6.45) is 8.12. The van der Waals surface area contributed by atoms with E-state index in [2.05, 4.69) is 80.7 Å². The number of nitrogens with one attached hydrogen (secondary N) is 1. The van der Waals surface area contributed by atoms with E-state index in [4.69, 9.17) is 0 Å². The van der Waals surface area contributed by atoms with E-state index < -0.39 is 0 Å². The van der Waals surface area contributed by atoms with Crippen LogP contribution in [-0.4, -0.2) is 24.2 Å². The van der Waals surface area contributed by atoms with Gasteiger partial charge in [-0.3, -0.25) is 9.89 Å². The standard InChI is InChI=1S/C26H27N3S/c1-2-11-29(12-3-1)18-20-4-8-25(9-5-20)28-17-24-16-27-15-22-7-6-21(14-26(22)24)23-10-13-30-19-23/h4-10,13-14,16-17,19,28H,1-3,11-12,15,18H2/b24-17+. The monoisotopic (exact) mass is 413 g/mol. The van der Waals surface area contributed by atoms with Crippen LogP contribution in [0.15, 0.2) is 70.5 Å². The van der Waals surface area contributed by atoms with Crippen LogP contribution in [0, 0.1) is 0 Å². The maximum Gasteiger partial charge on any atom is 0.0646 e. The van der Waals surface area contributed by atoms with E-state index in [1.54, 1.807) is 11.3 Å². The molecule has 4 heteroatoms. The summed E-state index contributed by atoms with van der Waals surface area (Å²) in [6.45, 7) is 4.28. The van der Waals surface area contributed by atoms with Gasteiger partial charge in [0.1, 0.15) is 0 Å². The first-order valence-corrected chi connectivity index (χ1v) is 11.7. The zero-order valence-electron chi connectivity index (χ0n) is 17.2. The molecule has 152 valence electrons. The van der Waals surface area contributed by atoms with Crippen molar-refractivity contribution in [2.24, 2.45) is 4.99 Å². The van der Waals surface area contributed by atoms with Crippen molar-refractivity contribution < 1.29 is 0 Å². The van der Waals surface area contributed by atoms with Crippen molar-refractivity contribution in [2.45, 2.75) is 32.4 Å². The fourth-order valence-corrected chi connectivity index (χ4v) is 4.93. The van der Waals surface area contributed by atoms with E-state index in [0.29, 0.717) is 0 Å². The van der Waals surface area contributed by atoms with Gasteiger partial charge in [0.2, 0.25) is 0 Å². The van der Waals surface area contributed by atoms with Gasteiger partial charge >= 0.3 is 0 Å². The number of anilines is 1. The van der Waals surface area contributed by atoms with Crippen molar-refractivity contribution in [1.82, 2.24) is 4.90 Å². The highest BCUT2D eigenvalue weighted by molar-refractivity contribution is 7.08. The summed E-state index contributed by atoms with van der Waals surface area (Å²) in [5.41, 5.74) is 8.72. The highest BCUT2D eigenvalue weighted by atomic mass is 32.1. The zero-order valence-corrected chi connectivity index (χ0v) is 18.0. The first kappa shape index (κ1) is 19.3. The van der Waals surface area contributed by atoms with Crippen LogP contribution in [-0.2, 0) is 13.1 Å². The number of piperidine rings is 1. The Labute approximate surface area is 182 Å². The fourth-order valence-electron chi connectivity index (χ4n) is 4.26. The molecule has 3 heterocycles. The van der Waals surface area contributed by atoms with Gasteiger partial charge in [0.05, 0.1) is 6.54 Å². The molecule has 0 unspecified atom stereocenters. The molecule has 2 aliphatic rings. The minimum atomic E-state index is 0.752. The number of hydrogen-bond donors (Lipinski definition) is 1. The Kier molecular flexibility index (Phi) is 5.78. The quantitative estimate of drug-likeness (QED) is 0.521. The Morgan fingerprint density at radius 2 is 1.83 bits per heavy atom. The molecule has 30 heavy (non-hydrogen) atoms. The molecule has 0 aliphatic carbocycles. The molecule has 0 amide bonds. The summed E-state index contributed by atoms with van der Waals surface area (Å²) in [7, 11) is 0. The van der Waals surface area contributed by atoms with Gasteiger partial charge in [-0.05, 0) is 88.8 Å². The van der Waals surface area contributed by atoms with Gasteiger partial charge in [0.25, 0.3) is 0 Å². The highest BCUT2D eigenvalue weighted by Gasteiger charge is 2.13. The van der Waals surface area contributed by atoms with Crippen LogP contribution in [0.5, 0.6) is 0 Å². The number of fused-ring (bicyclic) bond motifs is 1. The molecule has 3 aromatic rings. The van der Waals surface area contributed by atoms with Gasteiger partial charge < -0.3 is 5.32 Å². The van der Waals surface area contributed by atoms with E-state index >= 15 is 0 Å². The third-order valence-electron chi connectivity index (χ3n) is 5.97. The summed E-state index contributed by atoms with van der Waals surface area (Å²) in [5.74, 6) is 0. The van der Waals surface area contributed by atoms with Crippen molar-refractivity contribution in [3.8, 4) is 11.1 Å². The second-order valence-corrected chi connectivity index (χ2v) is 8.91. The maximum atomic E-state index is 4.55. The topological polar surface area (TPSA) is 27.6 Å². The van der Waals surface area contributed by atoms with Crippen LogP contribution in [0.3, 0.4) is 0 Å². The van der Waals surface area contributed by atoms with E-state index in [1.807, 2.05) is 6.21 Å². The van der Waals surface area contributed by atoms with Gasteiger partial charge in [0.15, 0.2) is 0 Å². The molecule has 1 saturated heterocycles. The van der Waals surface area contributed by atoms with Crippen molar-refractivity contribution in [3.63, 3.8) is 0 Å². The number of thiophene rings is 1. The molecule has 2 aromatic carbocycles. The molecular formula is C26H27N3S. The fraction of sp³-hybridized carbons (Fsp3) is 0.269. The number of allylic oxidation sites excluding steroid dienone is 1. The van der Waals surface area contributed by atoms with Crippen LogP contribution in [0.1, 0.15) is 36.0 Å². The number of aliphatic imine (C=N–C) groups is 1. The third-order valence-corrected chi connectivity index (χ3v) is 6.65. The predicted molar refractivity (Wildman–Crippen MR) is 129 cm³/mol. The third kappa shape index (κ3) is 4.40. The van der Waals surface area contributed by atoms with Crippen LogP contribution in [0.25, 0.3) is 16.7 Å². The Morgan fingerprint density at radius 1 is 0.967 bits per heavy atom. The first-order chi connectivity index (χ1) is 14.8. The second-order valence-electron chi connectivity index (χ2n) is 8.13. The normalized spacial score (nSPS) is 17.8. The van der Waals surface area contributed by atoms with Crippen LogP contribution in [0.4, 0.5) is 5.69 Å². The molecule has 3 nitrogen and oxygen atoms in total. The van der Waals surface area contributed by atoms with Crippen molar-refractivity contribution in [1.29, 1.82) is 0 Å². The van der Waals surface area contributed by atoms with E-state index in [-0.39, 0.29) is 0 Å². The van der Waals surface area contributed by atoms with Gasteiger partial charge in [-0.1, -0.05) is 30.7 Å². The molecule has 0 bridgehead atoms. The average molecular weight is 414 g/mol. The summed E-state index contributed by atoms with van der Waals surface area (Å²) in [5, 5.41) is 7.80. The number of likely N-dealkylation sites (tertiary alicyclic amines) is 1. The minimum Gasteiger partial charge on any atom is -0.361 e. The largest absolute Gasteiger partial charge is 0.361 e. The first-order valence-electron chi connectivity index (χ1n) is 10.8. The molecular weight excluding hydrogens is 386 g/mol. The van der Waals surface area contributed by atoms with Crippen LogP contribution in [0.2, 0.25) is 0 Å². The highest BCUT2D eigenvalue weighted by Crippen LogP contribution is 2.30. The van der Waals surface area contributed by atoms with Crippen molar-refractivity contribution >= 4 is 28.8 Å². The molecule has 5 rings (SSSR count). The van der Waals surface area contributed by atoms with Crippen LogP contribution < -0.4 is 5.32 Å². The number of rotatable bonds is 5. The van der Waals surface area contributed by atoms with E-state index in [9.17, 15) is 0 Å². The molecule has 0 atom stereocenters. The molecule has 2 aliphatic heterocycles. The van der Waals surface area contributed by atoms with Gasteiger partial charge in [-0.25, -0.2) is 0 Å². The summed E-state index contributed by atoms with van der Waals surface area (Å²) in [6, 6.07) is 17.7. The molecule has 1 aromatic heterocycles. The zero-order chi connectivity index (χ0) is 20.2. The molecule has 0 radical (unpaired) electrons. The molecule has 1 fully saturated rings. The Morgan fingerprint density at radius 3 is 2.63 bits per heavy atom. The lowest BCUT2D eigenvalue weighted by Gasteiger charge is -2.26. The average Bonchev–Trinajstić information content (AvgIpc) is 3.34. The van der Waals surface area contributed by atoms with E-state index in [1.165, 1.54) is 60.2 Å². The van der Waals surface area contributed by atoms with Crippen molar-refractivity contribution in [3.05, 3.63) is 82.2 Å². The predicted octanol–water partition coefficient (Wildman–Crippen LogP) is 6.44. The second kappa shape index (κ2) is 8.99. The van der Waals surface area contributed by atoms with Gasteiger partial charge in [-0.15, -0.1) is 0 Å². The Balaban J connectivity index is 1.30. The molecule has 1 N–H and O–H groups in total. The summed E-state index contributed by atoms with van der Waals surface area (Å²) < 4.78 is 0. The SMILES string of the molecule is C1=NCc2ccc(-c3ccsc3)cc2/C1=C/Nc1ccc(CN2CCCCC2)cc1. The van der Waals surface area contributed by atoms with Gasteiger partial charge in [-0.2, -0.15) is 11.3 Å². The number of hydrogen-bond acceptors (Lipinski definition) is 4. The smallest absolute Gasteiger partial charge is 0.0646 e. The summed E-state index contributed by atoms with van der Waals surface area (Å²) >= 11 is 1.74. The number of nitrogens with zero attached hydrogens (tertiary/aromatic N) is 2. The van der Waals surface area contributed by atoms with Crippen LogP contribution >= 0.6 is 11.3 Å². The molecule has 0 spiro atoms.